The van der Waals surface area contributed by atoms with Crippen LogP contribution in [0.5, 0.6) is 5.75 Å². The van der Waals surface area contributed by atoms with E-state index in [4.69, 9.17) is 9.84 Å². The second-order valence-electron chi connectivity index (χ2n) is 10.1. The topological polar surface area (TPSA) is 92.6 Å². The van der Waals surface area contributed by atoms with Crippen LogP contribution in [0.3, 0.4) is 0 Å². The van der Waals surface area contributed by atoms with E-state index >= 15 is 0 Å². The van der Waals surface area contributed by atoms with E-state index in [9.17, 15) is 9.59 Å². The molecule has 0 spiro atoms. The molecule has 2 aromatic carbocycles. The summed E-state index contributed by atoms with van der Waals surface area (Å²) in [5.74, 6) is 0.437. The lowest BCUT2D eigenvalue weighted by Gasteiger charge is -2.29. The van der Waals surface area contributed by atoms with Crippen molar-refractivity contribution in [2.45, 2.75) is 32.0 Å². The number of imide groups is 1. The van der Waals surface area contributed by atoms with E-state index in [1.807, 2.05) is 47.3 Å². The standard InChI is InChI=1S/C30H29BrN6O3/c1-35(24-3-2-21-17-36(18-22(21)16-24)27-8-9-28(38)33-30(27)39)14-15-40-25-6-4-23(5-7-25)37-19-26(31)29(34-37)20-10-12-32-13-11-20/h2-7,10-13,16,19,27H,8-9,14-15,17-18H2,1H3,(H,33,38,39). The fourth-order valence-electron chi connectivity index (χ4n) is 5.21. The van der Waals surface area contributed by atoms with Gasteiger partial charge in [0.2, 0.25) is 11.8 Å². The van der Waals surface area contributed by atoms with E-state index in [1.165, 1.54) is 11.1 Å². The highest BCUT2D eigenvalue weighted by Gasteiger charge is 2.34. The van der Waals surface area contributed by atoms with E-state index in [2.05, 4.69) is 61.3 Å². The third-order valence-corrected chi connectivity index (χ3v) is 8.03. The first kappa shape index (κ1) is 26.2. The quantitative estimate of drug-likeness (QED) is 0.301. The van der Waals surface area contributed by atoms with Gasteiger partial charge in [-0.15, -0.1) is 0 Å². The summed E-state index contributed by atoms with van der Waals surface area (Å²) >= 11 is 3.61. The van der Waals surface area contributed by atoms with Gasteiger partial charge < -0.3 is 9.64 Å². The van der Waals surface area contributed by atoms with Crippen LogP contribution in [0.4, 0.5) is 5.69 Å². The van der Waals surface area contributed by atoms with Crippen LogP contribution in [-0.2, 0) is 22.7 Å². The number of fused-ring (bicyclic) bond motifs is 1. The number of carbonyl (C=O) groups is 2. The maximum Gasteiger partial charge on any atom is 0.243 e. The van der Waals surface area contributed by atoms with Gasteiger partial charge in [-0.1, -0.05) is 6.07 Å². The molecule has 40 heavy (non-hydrogen) atoms. The Hall–Kier alpha value is -4.02. The second-order valence-corrected chi connectivity index (χ2v) is 10.9. The molecular formula is C30H29BrN6O3. The van der Waals surface area contributed by atoms with E-state index < -0.39 is 0 Å². The molecule has 1 N–H and O–H groups in total. The summed E-state index contributed by atoms with van der Waals surface area (Å²) in [6.07, 6.45) is 6.43. The first-order valence-corrected chi connectivity index (χ1v) is 14.0. The number of amides is 2. The first-order chi connectivity index (χ1) is 19.4. The normalized spacial score (nSPS) is 17.0. The number of benzene rings is 2. The number of pyridine rings is 1. The average Bonchev–Trinajstić information content (AvgIpc) is 3.57. The molecule has 4 heterocycles. The van der Waals surface area contributed by atoms with Crippen LogP contribution < -0.4 is 15.0 Å². The Morgan fingerprint density at radius 1 is 1.05 bits per heavy atom. The van der Waals surface area contributed by atoms with Crippen molar-refractivity contribution >= 4 is 33.4 Å². The van der Waals surface area contributed by atoms with Gasteiger partial charge in [0.1, 0.15) is 18.1 Å². The third-order valence-electron chi connectivity index (χ3n) is 7.45. The van der Waals surface area contributed by atoms with Gasteiger partial charge >= 0.3 is 0 Å². The van der Waals surface area contributed by atoms with Gasteiger partial charge in [0.25, 0.3) is 0 Å². The van der Waals surface area contributed by atoms with Gasteiger partial charge in [-0.25, -0.2) is 4.68 Å². The SMILES string of the molecule is CN(CCOc1ccc(-n2cc(Br)c(-c3ccncc3)n2)cc1)c1ccc2c(c1)CN(C1CCC(=O)NC1=O)C2. The molecule has 10 heteroatoms. The molecule has 2 aliphatic rings. The Morgan fingerprint density at radius 3 is 2.60 bits per heavy atom. The van der Waals surface area contributed by atoms with Gasteiger partial charge in [-0.2, -0.15) is 5.10 Å². The average molecular weight is 602 g/mol. The molecule has 204 valence electrons. The highest BCUT2D eigenvalue weighted by Crippen LogP contribution is 2.31. The number of rotatable bonds is 8. The predicted octanol–water partition coefficient (Wildman–Crippen LogP) is 4.33. The molecule has 0 saturated carbocycles. The largest absolute Gasteiger partial charge is 0.492 e. The number of ether oxygens (including phenoxy) is 1. The van der Waals surface area contributed by atoms with Crippen LogP contribution >= 0.6 is 15.9 Å². The minimum Gasteiger partial charge on any atom is -0.492 e. The number of anilines is 1. The smallest absolute Gasteiger partial charge is 0.243 e. The van der Waals surface area contributed by atoms with E-state index in [-0.39, 0.29) is 17.9 Å². The summed E-state index contributed by atoms with van der Waals surface area (Å²) in [5, 5.41) is 7.19. The Balaban J connectivity index is 1.03. The number of hydrogen-bond donors (Lipinski definition) is 1. The Bertz CT molecular complexity index is 1540. The van der Waals surface area contributed by atoms with Crippen LogP contribution in [0.1, 0.15) is 24.0 Å². The maximum absolute atomic E-state index is 12.3. The molecule has 1 atom stereocenters. The zero-order chi connectivity index (χ0) is 27.6. The molecule has 1 fully saturated rings. The van der Waals surface area contributed by atoms with Crippen molar-refractivity contribution in [2.75, 3.05) is 25.1 Å². The summed E-state index contributed by atoms with van der Waals surface area (Å²) in [7, 11) is 2.05. The molecule has 6 rings (SSSR count). The van der Waals surface area contributed by atoms with Crippen molar-refractivity contribution in [3.8, 4) is 22.7 Å². The van der Waals surface area contributed by atoms with E-state index in [0.717, 1.165) is 45.9 Å². The van der Waals surface area contributed by atoms with Crippen molar-refractivity contribution in [3.05, 3.63) is 88.8 Å². The van der Waals surface area contributed by atoms with Gasteiger partial charge in [0, 0.05) is 56.4 Å². The maximum atomic E-state index is 12.3. The number of nitrogens with zero attached hydrogens (tertiary/aromatic N) is 5. The molecule has 9 nitrogen and oxygen atoms in total. The van der Waals surface area contributed by atoms with Crippen LogP contribution in [0.2, 0.25) is 0 Å². The van der Waals surface area contributed by atoms with Gasteiger partial charge in [0.15, 0.2) is 0 Å². The molecule has 2 amide bonds. The number of hydrogen-bond acceptors (Lipinski definition) is 7. The molecule has 1 unspecified atom stereocenters. The van der Waals surface area contributed by atoms with E-state index in [0.29, 0.717) is 26.0 Å². The lowest BCUT2D eigenvalue weighted by molar-refractivity contribution is -0.137. The van der Waals surface area contributed by atoms with Crippen molar-refractivity contribution < 1.29 is 14.3 Å². The van der Waals surface area contributed by atoms with Crippen LogP contribution in [-0.4, -0.2) is 57.7 Å². The monoisotopic (exact) mass is 600 g/mol. The van der Waals surface area contributed by atoms with Gasteiger partial charge in [-0.05, 0) is 82.0 Å². The van der Waals surface area contributed by atoms with Crippen molar-refractivity contribution in [1.82, 2.24) is 25.0 Å². The fraction of sp³-hybridized carbons (Fsp3) is 0.267. The molecule has 0 aliphatic carbocycles. The number of likely N-dealkylation sites (N-methyl/N-ethyl adjacent to an activating group) is 1. The van der Waals surface area contributed by atoms with Crippen molar-refractivity contribution in [2.24, 2.45) is 0 Å². The van der Waals surface area contributed by atoms with Crippen LogP contribution in [0.15, 0.2) is 77.7 Å². The minimum absolute atomic E-state index is 0.179. The zero-order valence-corrected chi connectivity index (χ0v) is 23.7. The molecule has 1 saturated heterocycles. The Kier molecular flexibility index (Phi) is 7.36. The summed E-state index contributed by atoms with van der Waals surface area (Å²) in [5.41, 5.74) is 6.37. The van der Waals surface area contributed by atoms with Crippen molar-refractivity contribution in [1.29, 1.82) is 0 Å². The predicted molar refractivity (Wildman–Crippen MR) is 155 cm³/mol. The number of aromatic nitrogens is 3. The minimum atomic E-state index is -0.246. The molecule has 0 bridgehead atoms. The molecule has 2 aliphatic heterocycles. The van der Waals surface area contributed by atoms with Crippen LogP contribution in [0.25, 0.3) is 16.9 Å². The number of halogens is 1. The molecular weight excluding hydrogens is 572 g/mol. The lowest BCUT2D eigenvalue weighted by atomic mass is 10.0. The Morgan fingerprint density at radius 2 is 1.82 bits per heavy atom. The number of piperidine rings is 1. The summed E-state index contributed by atoms with van der Waals surface area (Å²) in [4.78, 5) is 32.2. The van der Waals surface area contributed by atoms with Gasteiger partial charge in [0.05, 0.1) is 22.7 Å². The summed E-state index contributed by atoms with van der Waals surface area (Å²) < 4.78 is 8.78. The molecule has 4 aromatic rings. The first-order valence-electron chi connectivity index (χ1n) is 13.2. The van der Waals surface area contributed by atoms with Crippen molar-refractivity contribution in [3.63, 3.8) is 0 Å². The summed E-state index contributed by atoms with van der Waals surface area (Å²) in [6.45, 7) is 2.70. The lowest BCUT2D eigenvalue weighted by Crippen LogP contribution is -2.50. The fourth-order valence-corrected chi connectivity index (χ4v) is 5.71. The van der Waals surface area contributed by atoms with Crippen LogP contribution in [0, 0.1) is 0 Å². The van der Waals surface area contributed by atoms with Gasteiger partial charge in [-0.3, -0.25) is 24.8 Å². The molecule has 2 aromatic heterocycles. The highest BCUT2D eigenvalue weighted by atomic mass is 79.9. The number of carbonyl (C=O) groups excluding carboxylic acids is 2. The zero-order valence-electron chi connectivity index (χ0n) is 22.1. The second kappa shape index (κ2) is 11.2. The Labute approximate surface area is 240 Å². The summed E-state index contributed by atoms with van der Waals surface area (Å²) in [6, 6.07) is 18.0. The number of nitrogens with one attached hydrogen (secondary N) is 1. The molecule has 0 radical (unpaired) electrons. The third kappa shape index (κ3) is 5.50. The highest BCUT2D eigenvalue weighted by molar-refractivity contribution is 9.10. The van der Waals surface area contributed by atoms with E-state index in [1.54, 1.807) is 12.4 Å².